The maximum atomic E-state index is 13.0. The Morgan fingerprint density at radius 1 is 1.30 bits per heavy atom. The van der Waals surface area contributed by atoms with Crippen LogP contribution >= 0.6 is 0 Å². The minimum atomic E-state index is -4.76. The van der Waals surface area contributed by atoms with Gasteiger partial charge in [-0.2, -0.15) is 13.2 Å². The van der Waals surface area contributed by atoms with Crippen LogP contribution in [0.2, 0.25) is 0 Å². The highest BCUT2D eigenvalue weighted by molar-refractivity contribution is 5.63. The number of aliphatic hydroxyl groups is 1. The Labute approximate surface area is 129 Å². The van der Waals surface area contributed by atoms with Gasteiger partial charge in [-0.15, -0.1) is 0 Å². The number of fused-ring (bicyclic) bond motifs is 1. The van der Waals surface area contributed by atoms with Gasteiger partial charge in [-0.25, -0.2) is 13.6 Å². The number of anilines is 1. The van der Waals surface area contributed by atoms with Crippen molar-refractivity contribution in [3.8, 4) is 0 Å². The number of hydrogen-bond acceptors (Lipinski definition) is 2. The van der Waals surface area contributed by atoms with Gasteiger partial charge in [-0.05, 0) is 30.4 Å². The Hall–Kier alpha value is -1.88. The summed E-state index contributed by atoms with van der Waals surface area (Å²) < 4.78 is 64.7. The molecule has 1 saturated carbocycles. The average molecular weight is 332 g/mol. The van der Waals surface area contributed by atoms with Crippen LogP contribution in [0, 0.1) is 18.4 Å². The van der Waals surface area contributed by atoms with Gasteiger partial charge in [0, 0.05) is 17.8 Å². The van der Waals surface area contributed by atoms with E-state index in [0.717, 1.165) is 6.07 Å². The van der Waals surface area contributed by atoms with Crippen molar-refractivity contribution in [3.63, 3.8) is 0 Å². The summed E-state index contributed by atoms with van der Waals surface area (Å²) in [5, 5.41) is 9.63. The van der Waals surface area contributed by atoms with Crippen molar-refractivity contribution in [2.45, 2.75) is 31.2 Å². The molecule has 1 aromatic rings. The van der Waals surface area contributed by atoms with Crippen LogP contribution in [0.3, 0.4) is 0 Å². The lowest BCUT2D eigenvalue weighted by Gasteiger charge is -2.34. The SMILES string of the molecule is [C-]#[N+]c1ccc(N2C[C@H]3C[C@H]3[C@@H]2[C@@H](O)C(F)(F)F)cc1C(F)F. The summed E-state index contributed by atoms with van der Waals surface area (Å²) in [6, 6.07) is 2.44. The summed E-state index contributed by atoms with van der Waals surface area (Å²) in [6.07, 6.45) is -9.56. The monoisotopic (exact) mass is 332 g/mol. The van der Waals surface area contributed by atoms with Crippen molar-refractivity contribution in [1.29, 1.82) is 0 Å². The molecule has 1 aromatic carbocycles. The first kappa shape index (κ1) is 16.0. The lowest BCUT2D eigenvalue weighted by atomic mass is 10.0. The minimum Gasteiger partial charge on any atom is -0.382 e. The summed E-state index contributed by atoms with van der Waals surface area (Å²) >= 11 is 0. The van der Waals surface area contributed by atoms with E-state index in [1.54, 1.807) is 0 Å². The zero-order chi connectivity index (χ0) is 16.9. The molecule has 23 heavy (non-hydrogen) atoms. The number of rotatable bonds is 3. The third kappa shape index (κ3) is 2.74. The van der Waals surface area contributed by atoms with Crippen molar-refractivity contribution >= 4 is 11.4 Å². The van der Waals surface area contributed by atoms with Gasteiger partial charge in [-0.3, -0.25) is 0 Å². The quantitative estimate of drug-likeness (QED) is 0.671. The van der Waals surface area contributed by atoms with Gasteiger partial charge in [0.25, 0.3) is 6.43 Å². The molecule has 0 aromatic heterocycles. The first-order valence-electron chi connectivity index (χ1n) is 7.05. The molecule has 1 aliphatic carbocycles. The fourth-order valence-corrected chi connectivity index (χ4v) is 3.38. The lowest BCUT2D eigenvalue weighted by Crippen LogP contribution is -2.49. The van der Waals surface area contributed by atoms with E-state index < -0.39 is 30.3 Å². The number of piperidine rings is 1. The first-order valence-corrected chi connectivity index (χ1v) is 7.05. The van der Waals surface area contributed by atoms with E-state index in [-0.39, 0.29) is 23.2 Å². The van der Waals surface area contributed by atoms with Crippen LogP contribution < -0.4 is 4.90 Å². The van der Waals surface area contributed by atoms with Crippen LogP contribution in [0.1, 0.15) is 18.4 Å². The van der Waals surface area contributed by atoms with Crippen LogP contribution in [0.5, 0.6) is 0 Å². The van der Waals surface area contributed by atoms with Crippen LogP contribution in [0.25, 0.3) is 4.85 Å². The molecule has 4 atom stereocenters. The van der Waals surface area contributed by atoms with Gasteiger partial charge in [0.1, 0.15) is 0 Å². The van der Waals surface area contributed by atoms with E-state index in [1.165, 1.54) is 17.0 Å². The van der Waals surface area contributed by atoms with Crippen LogP contribution in [0.15, 0.2) is 18.2 Å². The maximum Gasteiger partial charge on any atom is 0.416 e. The normalized spacial score (nSPS) is 27.7. The van der Waals surface area contributed by atoms with Gasteiger partial charge in [-0.1, -0.05) is 6.07 Å². The largest absolute Gasteiger partial charge is 0.416 e. The molecule has 0 spiro atoms. The molecule has 124 valence electrons. The van der Waals surface area contributed by atoms with E-state index in [2.05, 4.69) is 4.85 Å². The second-order valence-corrected chi connectivity index (χ2v) is 5.94. The molecule has 1 heterocycles. The van der Waals surface area contributed by atoms with E-state index >= 15 is 0 Å². The third-order valence-corrected chi connectivity index (χ3v) is 4.56. The zero-order valence-corrected chi connectivity index (χ0v) is 11.8. The van der Waals surface area contributed by atoms with Gasteiger partial charge in [0.2, 0.25) is 0 Å². The molecule has 3 rings (SSSR count). The van der Waals surface area contributed by atoms with Gasteiger partial charge < -0.3 is 10.0 Å². The van der Waals surface area contributed by atoms with Crippen molar-refractivity contribution in [3.05, 3.63) is 35.2 Å². The minimum absolute atomic E-state index is 0.0486. The fraction of sp³-hybridized carbons (Fsp3) is 0.533. The predicted molar refractivity (Wildman–Crippen MR) is 72.5 cm³/mol. The molecule has 1 aliphatic heterocycles. The van der Waals surface area contributed by atoms with Gasteiger partial charge >= 0.3 is 6.18 Å². The van der Waals surface area contributed by atoms with Crippen molar-refractivity contribution in [1.82, 2.24) is 0 Å². The molecule has 0 bridgehead atoms. The van der Waals surface area contributed by atoms with Crippen molar-refractivity contribution in [2.24, 2.45) is 11.8 Å². The Kier molecular flexibility index (Phi) is 3.71. The molecule has 0 unspecified atom stereocenters. The molecule has 3 nitrogen and oxygen atoms in total. The average Bonchev–Trinajstić information content (AvgIpc) is 3.15. The smallest absolute Gasteiger partial charge is 0.382 e. The summed E-state index contributed by atoms with van der Waals surface area (Å²) in [5.74, 6) is -0.227. The molecule has 1 N–H and O–H groups in total. The first-order chi connectivity index (χ1) is 10.7. The summed E-state index contributed by atoms with van der Waals surface area (Å²) in [5.41, 5.74) is -0.535. The Morgan fingerprint density at radius 2 is 2.00 bits per heavy atom. The number of hydrogen-bond donors (Lipinski definition) is 1. The summed E-state index contributed by atoms with van der Waals surface area (Å²) in [4.78, 5) is 4.34. The fourth-order valence-electron chi connectivity index (χ4n) is 3.38. The Morgan fingerprint density at radius 3 is 2.57 bits per heavy atom. The predicted octanol–water partition coefficient (Wildman–Crippen LogP) is 3.92. The molecule has 0 radical (unpaired) electrons. The van der Waals surface area contributed by atoms with Crippen LogP contribution in [-0.2, 0) is 0 Å². The number of aliphatic hydroxyl groups excluding tert-OH is 1. The second kappa shape index (κ2) is 5.34. The Bertz CT molecular complexity index is 654. The molecule has 2 aliphatic rings. The molecule has 8 heteroatoms. The second-order valence-electron chi connectivity index (χ2n) is 5.94. The highest BCUT2D eigenvalue weighted by atomic mass is 19.4. The topological polar surface area (TPSA) is 27.8 Å². The van der Waals surface area contributed by atoms with Gasteiger partial charge in [0.05, 0.1) is 12.6 Å². The number of benzene rings is 1. The van der Waals surface area contributed by atoms with E-state index in [4.69, 9.17) is 6.57 Å². The van der Waals surface area contributed by atoms with Crippen LogP contribution in [-0.4, -0.2) is 30.0 Å². The number of alkyl halides is 5. The highest BCUT2D eigenvalue weighted by Crippen LogP contribution is 2.53. The van der Waals surface area contributed by atoms with Crippen molar-refractivity contribution in [2.75, 3.05) is 11.4 Å². The summed E-state index contributed by atoms with van der Waals surface area (Å²) in [7, 11) is 0. The van der Waals surface area contributed by atoms with E-state index in [1.807, 2.05) is 0 Å². The van der Waals surface area contributed by atoms with Crippen LogP contribution in [0.4, 0.5) is 33.3 Å². The number of nitrogens with zero attached hydrogens (tertiary/aromatic N) is 2. The molecular weight excluding hydrogens is 319 g/mol. The number of halogens is 5. The van der Waals surface area contributed by atoms with Crippen molar-refractivity contribution < 1.29 is 27.1 Å². The zero-order valence-electron chi connectivity index (χ0n) is 11.8. The summed E-state index contributed by atoms with van der Waals surface area (Å²) in [6.45, 7) is 7.17. The third-order valence-electron chi connectivity index (χ3n) is 4.56. The lowest BCUT2D eigenvalue weighted by molar-refractivity contribution is -0.210. The Balaban J connectivity index is 1.95. The van der Waals surface area contributed by atoms with Gasteiger partial charge in [0.15, 0.2) is 11.8 Å². The molecule has 2 fully saturated rings. The molecule has 0 amide bonds. The van der Waals surface area contributed by atoms with E-state index in [0.29, 0.717) is 13.0 Å². The standard InChI is InChI=1S/C15H13F5N2O/c1-21-11-3-2-8(5-10(11)14(16)17)22-6-7-4-9(7)12(22)13(23)15(18,19)20/h2-3,5,7,9,12-14,23H,4,6H2/t7-,9-,12-,13-/m1/s1. The van der Waals surface area contributed by atoms with E-state index in [9.17, 15) is 27.1 Å². The highest BCUT2D eigenvalue weighted by Gasteiger charge is 2.60. The molecule has 1 saturated heterocycles. The maximum absolute atomic E-state index is 13.0. The molecular formula is C15H13F5N2O.